The van der Waals surface area contributed by atoms with Gasteiger partial charge in [-0.1, -0.05) is 6.07 Å². The normalized spacial score (nSPS) is 10.2. The van der Waals surface area contributed by atoms with Gasteiger partial charge in [0.25, 0.3) is 0 Å². The van der Waals surface area contributed by atoms with Gasteiger partial charge in [-0.3, -0.25) is 15.1 Å². The highest BCUT2D eigenvalue weighted by atomic mass is 32.1. The van der Waals surface area contributed by atoms with Crippen molar-refractivity contribution in [3.63, 3.8) is 0 Å². The molecule has 0 aliphatic carbocycles. The van der Waals surface area contributed by atoms with Crippen LogP contribution in [0.2, 0.25) is 0 Å². The van der Waals surface area contributed by atoms with E-state index in [1.807, 2.05) is 19.1 Å². The lowest BCUT2D eigenvalue weighted by molar-refractivity contribution is -0.380. The first-order valence-electron chi connectivity index (χ1n) is 4.91. The molecule has 0 atom stereocenters. The Morgan fingerprint density at radius 2 is 2.35 bits per heavy atom. The maximum atomic E-state index is 10.5. The Labute approximate surface area is 102 Å². The average Bonchev–Trinajstić information content (AvgIpc) is 2.77. The van der Waals surface area contributed by atoms with Crippen LogP contribution in [0.1, 0.15) is 11.3 Å². The molecule has 1 N–H and O–H groups in total. The van der Waals surface area contributed by atoms with Gasteiger partial charge in [0, 0.05) is 6.20 Å². The van der Waals surface area contributed by atoms with Crippen LogP contribution in [0.25, 0.3) is 0 Å². The first-order valence-corrected chi connectivity index (χ1v) is 5.73. The fourth-order valence-corrected chi connectivity index (χ4v) is 1.92. The van der Waals surface area contributed by atoms with Crippen LogP contribution in [0.3, 0.4) is 0 Å². The standard InChI is InChI=1S/C10H10N4O2S/c1-7-3-2-4-11-8(7)5-12-10-13-6-9(17-10)14(15)16/h2-4,6H,5H2,1H3,(H,12,13). The van der Waals surface area contributed by atoms with E-state index < -0.39 is 4.92 Å². The third-order valence-electron chi connectivity index (χ3n) is 2.20. The van der Waals surface area contributed by atoms with Crippen LogP contribution in [-0.2, 0) is 6.54 Å². The Bertz CT molecular complexity index is 541. The second-order valence-electron chi connectivity index (χ2n) is 3.38. The van der Waals surface area contributed by atoms with Crippen molar-refractivity contribution >= 4 is 21.5 Å². The van der Waals surface area contributed by atoms with E-state index in [0.29, 0.717) is 11.7 Å². The van der Waals surface area contributed by atoms with E-state index in [1.165, 1.54) is 6.20 Å². The van der Waals surface area contributed by atoms with Crippen molar-refractivity contribution in [3.05, 3.63) is 45.9 Å². The van der Waals surface area contributed by atoms with Gasteiger partial charge < -0.3 is 5.32 Å². The van der Waals surface area contributed by atoms with Crippen molar-refractivity contribution in [2.75, 3.05) is 5.32 Å². The number of pyridine rings is 1. The van der Waals surface area contributed by atoms with Crippen LogP contribution in [0.5, 0.6) is 0 Å². The number of nitrogens with one attached hydrogen (secondary N) is 1. The van der Waals surface area contributed by atoms with Crippen molar-refractivity contribution in [1.82, 2.24) is 9.97 Å². The molecule has 0 unspecified atom stereocenters. The zero-order valence-corrected chi connectivity index (χ0v) is 9.90. The first kappa shape index (κ1) is 11.5. The lowest BCUT2D eigenvalue weighted by Gasteiger charge is -2.04. The molecule has 2 aromatic rings. The molecule has 0 spiro atoms. The molecule has 0 amide bonds. The zero-order chi connectivity index (χ0) is 12.3. The van der Waals surface area contributed by atoms with Crippen molar-refractivity contribution < 1.29 is 4.92 Å². The molecule has 6 nitrogen and oxygen atoms in total. The van der Waals surface area contributed by atoms with Crippen LogP contribution in [-0.4, -0.2) is 14.9 Å². The van der Waals surface area contributed by atoms with Crippen LogP contribution in [0.15, 0.2) is 24.5 Å². The molecular formula is C10H10N4O2S. The number of nitrogens with zero attached hydrogens (tertiary/aromatic N) is 3. The number of aryl methyl sites for hydroxylation is 1. The highest BCUT2D eigenvalue weighted by Crippen LogP contribution is 2.25. The third-order valence-corrected chi connectivity index (χ3v) is 3.11. The predicted molar refractivity (Wildman–Crippen MR) is 65.1 cm³/mol. The fourth-order valence-electron chi connectivity index (χ4n) is 1.29. The quantitative estimate of drug-likeness (QED) is 0.665. The summed E-state index contributed by atoms with van der Waals surface area (Å²) in [7, 11) is 0. The molecule has 0 saturated heterocycles. The van der Waals surface area contributed by atoms with E-state index in [1.54, 1.807) is 6.20 Å². The third kappa shape index (κ3) is 2.76. The maximum absolute atomic E-state index is 10.5. The van der Waals surface area contributed by atoms with Gasteiger partial charge in [-0.15, -0.1) is 0 Å². The molecule has 0 radical (unpaired) electrons. The second-order valence-corrected chi connectivity index (χ2v) is 4.39. The van der Waals surface area contributed by atoms with Crippen LogP contribution in [0.4, 0.5) is 10.1 Å². The number of anilines is 1. The molecule has 2 rings (SSSR count). The Morgan fingerprint density at radius 1 is 1.53 bits per heavy atom. The molecule has 2 aromatic heterocycles. The Kier molecular flexibility index (Phi) is 3.29. The van der Waals surface area contributed by atoms with Crippen molar-refractivity contribution in [3.8, 4) is 0 Å². The predicted octanol–water partition coefficient (Wildman–Crippen LogP) is 2.37. The molecule has 2 heterocycles. The minimum Gasteiger partial charge on any atom is -0.356 e. The lowest BCUT2D eigenvalue weighted by atomic mass is 10.2. The number of hydrogen-bond acceptors (Lipinski definition) is 6. The topological polar surface area (TPSA) is 81.0 Å². The number of rotatable bonds is 4. The average molecular weight is 250 g/mol. The molecule has 7 heteroatoms. The van der Waals surface area contributed by atoms with Gasteiger partial charge in [-0.25, -0.2) is 4.98 Å². The summed E-state index contributed by atoms with van der Waals surface area (Å²) < 4.78 is 0. The Hall–Kier alpha value is -2.02. The Morgan fingerprint density at radius 3 is 3.00 bits per heavy atom. The lowest BCUT2D eigenvalue weighted by Crippen LogP contribution is -2.02. The van der Waals surface area contributed by atoms with Crippen LogP contribution < -0.4 is 5.32 Å². The molecule has 0 saturated carbocycles. The number of aromatic nitrogens is 2. The number of nitro groups is 1. The highest BCUT2D eigenvalue weighted by Gasteiger charge is 2.11. The van der Waals surface area contributed by atoms with E-state index in [9.17, 15) is 10.1 Å². The van der Waals surface area contributed by atoms with Gasteiger partial charge in [-0.2, -0.15) is 0 Å². The number of hydrogen-bond donors (Lipinski definition) is 1. The minimum absolute atomic E-state index is 0.0326. The molecule has 0 bridgehead atoms. The van der Waals surface area contributed by atoms with Gasteiger partial charge in [0.1, 0.15) is 6.20 Å². The summed E-state index contributed by atoms with van der Waals surface area (Å²) in [6.07, 6.45) is 2.96. The minimum atomic E-state index is -0.450. The van der Waals surface area contributed by atoms with E-state index in [0.717, 1.165) is 22.6 Å². The van der Waals surface area contributed by atoms with E-state index >= 15 is 0 Å². The van der Waals surface area contributed by atoms with Crippen molar-refractivity contribution in [2.45, 2.75) is 13.5 Å². The molecule has 17 heavy (non-hydrogen) atoms. The van der Waals surface area contributed by atoms with Gasteiger partial charge in [0.2, 0.25) is 0 Å². The van der Waals surface area contributed by atoms with Crippen molar-refractivity contribution in [1.29, 1.82) is 0 Å². The van der Waals surface area contributed by atoms with Gasteiger partial charge in [0.05, 0.1) is 17.2 Å². The SMILES string of the molecule is Cc1cccnc1CNc1ncc([N+](=O)[O-])s1. The maximum Gasteiger partial charge on any atom is 0.345 e. The van der Waals surface area contributed by atoms with E-state index in [2.05, 4.69) is 15.3 Å². The summed E-state index contributed by atoms with van der Waals surface area (Å²) in [6.45, 7) is 2.48. The summed E-state index contributed by atoms with van der Waals surface area (Å²) in [5, 5.41) is 14.1. The molecule has 88 valence electrons. The van der Waals surface area contributed by atoms with E-state index in [-0.39, 0.29) is 5.00 Å². The molecule has 0 aromatic carbocycles. The van der Waals surface area contributed by atoms with Crippen molar-refractivity contribution in [2.24, 2.45) is 0 Å². The van der Waals surface area contributed by atoms with Gasteiger partial charge in [0.15, 0.2) is 5.13 Å². The summed E-state index contributed by atoms with van der Waals surface area (Å²) in [5.41, 5.74) is 1.98. The zero-order valence-electron chi connectivity index (χ0n) is 9.08. The smallest absolute Gasteiger partial charge is 0.345 e. The van der Waals surface area contributed by atoms with Gasteiger partial charge in [-0.05, 0) is 29.9 Å². The molecule has 0 aliphatic heterocycles. The van der Waals surface area contributed by atoms with E-state index in [4.69, 9.17) is 0 Å². The monoisotopic (exact) mass is 250 g/mol. The summed E-state index contributed by atoms with van der Waals surface area (Å²) in [5.74, 6) is 0. The largest absolute Gasteiger partial charge is 0.356 e. The molecule has 0 aliphatic rings. The molecular weight excluding hydrogens is 240 g/mol. The summed E-state index contributed by atoms with van der Waals surface area (Å²) in [6, 6.07) is 3.83. The first-order chi connectivity index (χ1) is 8.16. The summed E-state index contributed by atoms with van der Waals surface area (Å²) >= 11 is 1.02. The second kappa shape index (κ2) is 4.88. The summed E-state index contributed by atoms with van der Waals surface area (Å²) in [4.78, 5) is 18.2. The Balaban J connectivity index is 2.02. The number of thiazole rings is 1. The van der Waals surface area contributed by atoms with Gasteiger partial charge >= 0.3 is 5.00 Å². The van der Waals surface area contributed by atoms with Crippen LogP contribution >= 0.6 is 11.3 Å². The fraction of sp³-hybridized carbons (Fsp3) is 0.200. The molecule has 0 fully saturated rings. The highest BCUT2D eigenvalue weighted by molar-refractivity contribution is 7.18. The van der Waals surface area contributed by atoms with Crippen LogP contribution in [0, 0.1) is 17.0 Å².